The number of halogens is 1. The Morgan fingerprint density at radius 3 is 2.80 bits per heavy atom. The average Bonchev–Trinajstić information content (AvgIpc) is 2.19. The molecule has 1 aromatic carbocycles. The maximum Gasteiger partial charge on any atom is 0.332 e. The number of benzene rings is 1. The molecule has 0 aliphatic rings. The number of hydrogen-bond acceptors (Lipinski definition) is 2. The van der Waals surface area contributed by atoms with Crippen LogP contribution in [0.2, 0.25) is 0 Å². The molecule has 0 saturated carbocycles. The van der Waals surface area contributed by atoms with Crippen molar-refractivity contribution in [3.8, 4) is 0 Å². The van der Waals surface area contributed by atoms with Crippen LogP contribution < -0.4 is 5.32 Å². The fraction of sp³-hybridized carbons (Fsp3) is 0.182. The van der Waals surface area contributed by atoms with Crippen LogP contribution >= 0.6 is 15.9 Å². The predicted octanol–water partition coefficient (Wildman–Crippen LogP) is 2.81. The molecule has 0 amide bonds. The van der Waals surface area contributed by atoms with Gasteiger partial charge in [-0.15, -0.1) is 0 Å². The van der Waals surface area contributed by atoms with Crippen molar-refractivity contribution >= 4 is 27.6 Å². The van der Waals surface area contributed by atoms with Crippen LogP contribution in [0, 0.1) is 6.92 Å². The van der Waals surface area contributed by atoms with E-state index in [0.717, 1.165) is 15.7 Å². The second kappa shape index (κ2) is 4.98. The molecule has 0 aromatic heterocycles. The number of carbonyl (C=O) groups is 1. The van der Waals surface area contributed by atoms with Crippen molar-refractivity contribution in [2.45, 2.75) is 6.92 Å². The molecule has 0 heterocycles. The highest BCUT2D eigenvalue weighted by atomic mass is 79.9. The molecule has 0 aliphatic carbocycles. The van der Waals surface area contributed by atoms with Crippen LogP contribution in [0.15, 0.2) is 34.8 Å². The van der Waals surface area contributed by atoms with E-state index < -0.39 is 5.97 Å². The van der Waals surface area contributed by atoms with Crippen LogP contribution in [-0.4, -0.2) is 17.6 Å². The van der Waals surface area contributed by atoms with E-state index in [1.54, 1.807) is 0 Å². The molecular weight excluding hydrogens is 258 g/mol. The SMILES string of the molecule is C=C(CNc1ccc(C)c(Br)c1)C(=O)O. The maximum absolute atomic E-state index is 10.5. The molecule has 0 atom stereocenters. The van der Waals surface area contributed by atoms with Crippen LogP contribution in [0.4, 0.5) is 5.69 Å². The van der Waals surface area contributed by atoms with Crippen LogP contribution in [0.1, 0.15) is 5.56 Å². The summed E-state index contributed by atoms with van der Waals surface area (Å²) < 4.78 is 0.994. The number of nitrogens with one attached hydrogen (secondary N) is 1. The quantitative estimate of drug-likeness (QED) is 0.827. The number of aryl methyl sites for hydroxylation is 1. The zero-order chi connectivity index (χ0) is 11.4. The lowest BCUT2D eigenvalue weighted by atomic mass is 10.2. The molecule has 0 aliphatic heterocycles. The van der Waals surface area contributed by atoms with Gasteiger partial charge in [0.25, 0.3) is 0 Å². The van der Waals surface area contributed by atoms with Gasteiger partial charge in [-0.05, 0) is 24.6 Å². The van der Waals surface area contributed by atoms with Gasteiger partial charge in [0.05, 0.1) is 0 Å². The van der Waals surface area contributed by atoms with Crippen molar-refractivity contribution in [1.29, 1.82) is 0 Å². The molecule has 0 spiro atoms. The van der Waals surface area contributed by atoms with Crippen LogP contribution in [0.25, 0.3) is 0 Å². The molecule has 0 bridgehead atoms. The van der Waals surface area contributed by atoms with E-state index in [2.05, 4.69) is 27.8 Å². The maximum atomic E-state index is 10.5. The highest BCUT2D eigenvalue weighted by Crippen LogP contribution is 2.20. The first-order chi connectivity index (χ1) is 7.00. The van der Waals surface area contributed by atoms with Gasteiger partial charge in [-0.1, -0.05) is 28.6 Å². The minimum atomic E-state index is -0.978. The lowest BCUT2D eigenvalue weighted by Gasteiger charge is -2.07. The second-order valence-electron chi connectivity index (χ2n) is 3.23. The molecule has 0 saturated heterocycles. The van der Waals surface area contributed by atoms with Crippen molar-refractivity contribution in [2.24, 2.45) is 0 Å². The fourth-order valence-corrected chi connectivity index (χ4v) is 1.37. The number of hydrogen-bond donors (Lipinski definition) is 2. The number of carboxylic acids is 1. The molecule has 1 rings (SSSR count). The summed E-state index contributed by atoms with van der Waals surface area (Å²) in [6.07, 6.45) is 0. The van der Waals surface area contributed by atoms with Crippen molar-refractivity contribution in [2.75, 3.05) is 11.9 Å². The normalized spacial score (nSPS) is 9.73. The first kappa shape index (κ1) is 11.8. The molecule has 1 aromatic rings. The van der Waals surface area contributed by atoms with Gasteiger partial charge in [-0.25, -0.2) is 4.79 Å². The van der Waals surface area contributed by atoms with Gasteiger partial charge in [0.15, 0.2) is 0 Å². The highest BCUT2D eigenvalue weighted by molar-refractivity contribution is 9.10. The molecule has 80 valence electrons. The first-order valence-electron chi connectivity index (χ1n) is 4.42. The van der Waals surface area contributed by atoms with Crippen molar-refractivity contribution in [1.82, 2.24) is 0 Å². The Morgan fingerprint density at radius 1 is 1.60 bits per heavy atom. The van der Waals surface area contributed by atoms with Gasteiger partial charge < -0.3 is 10.4 Å². The second-order valence-corrected chi connectivity index (χ2v) is 4.08. The molecule has 4 heteroatoms. The smallest absolute Gasteiger partial charge is 0.332 e. The topological polar surface area (TPSA) is 49.3 Å². The number of carboxylic acid groups (broad SMARTS) is 1. The van der Waals surface area contributed by atoms with Gasteiger partial charge in [0, 0.05) is 22.3 Å². The van der Waals surface area contributed by atoms with E-state index in [4.69, 9.17) is 5.11 Å². The Morgan fingerprint density at radius 2 is 2.27 bits per heavy atom. The monoisotopic (exact) mass is 269 g/mol. The zero-order valence-corrected chi connectivity index (χ0v) is 9.97. The number of anilines is 1. The van der Waals surface area contributed by atoms with Gasteiger partial charge in [0.1, 0.15) is 0 Å². The molecule has 15 heavy (non-hydrogen) atoms. The van der Waals surface area contributed by atoms with E-state index in [1.807, 2.05) is 25.1 Å². The van der Waals surface area contributed by atoms with E-state index in [9.17, 15) is 4.79 Å². The third-order valence-corrected chi connectivity index (χ3v) is 2.83. The Balaban J connectivity index is 2.62. The van der Waals surface area contributed by atoms with E-state index in [1.165, 1.54) is 0 Å². The molecule has 3 nitrogen and oxygen atoms in total. The third-order valence-electron chi connectivity index (χ3n) is 1.98. The minimum absolute atomic E-state index is 0.145. The van der Waals surface area contributed by atoms with E-state index in [-0.39, 0.29) is 12.1 Å². The molecule has 0 radical (unpaired) electrons. The van der Waals surface area contributed by atoms with Crippen molar-refractivity contribution in [3.05, 3.63) is 40.4 Å². The largest absolute Gasteiger partial charge is 0.478 e. The standard InChI is InChI=1S/C11H12BrNO2/c1-7-3-4-9(5-10(7)12)13-6-8(2)11(14)15/h3-5,13H,2,6H2,1H3,(H,14,15). The van der Waals surface area contributed by atoms with E-state index >= 15 is 0 Å². The summed E-state index contributed by atoms with van der Waals surface area (Å²) in [4.78, 5) is 10.5. The lowest BCUT2D eigenvalue weighted by Crippen LogP contribution is -2.11. The summed E-state index contributed by atoms with van der Waals surface area (Å²) in [6, 6.07) is 5.76. The number of rotatable bonds is 4. The fourth-order valence-electron chi connectivity index (χ4n) is 0.987. The summed E-state index contributed by atoms with van der Waals surface area (Å²) in [5, 5.41) is 11.6. The van der Waals surface area contributed by atoms with Crippen LogP contribution in [-0.2, 0) is 4.79 Å². The summed E-state index contributed by atoms with van der Waals surface area (Å²) >= 11 is 3.40. The molecular formula is C11H12BrNO2. The summed E-state index contributed by atoms with van der Waals surface area (Å²) in [5.74, 6) is -0.978. The van der Waals surface area contributed by atoms with Crippen LogP contribution in [0.5, 0.6) is 0 Å². The predicted molar refractivity (Wildman–Crippen MR) is 64.1 cm³/mol. The van der Waals surface area contributed by atoms with Gasteiger partial charge in [0.2, 0.25) is 0 Å². The average molecular weight is 270 g/mol. The minimum Gasteiger partial charge on any atom is -0.478 e. The van der Waals surface area contributed by atoms with Gasteiger partial charge in [-0.3, -0.25) is 0 Å². The Bertz CT molecular complexity index is 402. The van der Waals surface area contributed by atoms with Gasteiger partial charge >= 0.3 is 5.97 Å². The van der Waals surface area contributed by atoms with E-state index in [0.29, 0.717) is 0 Å². The Hall–Kier alpha value is -1.29. The molecule has 0 fully saturated rings. The third kappa shape index (κ3) is 3.40. The highest BCUT2D eigenvalue weighted by Gasteiger charge is 2.03. The number of aliphatic carboxylic acids is 1. The first-order valence-corrected chi connectivity index (χ1v) is 5.21. The summed E-state index contributed by atoms with van der Waals surface area (Å²) in [6.45, 7) is 5.67. The van der Waals surface area contributed by atoms with Crippen molar-refractivity contribution in [3.63, 3.8) is 0 Å². The molecule has 0 unspecified atom stereocenters. The van der Waals surface area contributed by atoms with Crippen molar-refractivity contribution < 1.29 is 9.90 Å². The Kier molecular flexibility index (Phi) is 3.91. The lowest BCUT2D eigenvalue weighted by molar-refractivity contribution is -0.132. The summed E-state index contributed by atoms with van der Waals surface area (Å²) in [5.41, 5.74) is 2.15. The zero-order valence-electron chi connectivity index (χ0n) is 8.38. The summed E-state index contributed by atoms with van der Waals surface area (Å²) in [7, 11) is 0. The Labute approximate surface area is 96.9 Å². The van der Waals surface area contributed by atoms with Gasteiger partial charge in [-0.2, -0.15) is 0 Å². The molecule has 2 N–H and O–H groups in total. The van der Waals surface area contributed by atoms with Crippen LogP contribution in [0.3, 0.4) is 0 Å².